The molecule has 0 spiro atoms. The Morgan fingerprint density at radius 3 is 2.52 bits per heavy atom. The first kappa shape index (κ1) is 16.3. The maximum absolute atomic E-state index is 5.91. The van der Waals surface area contributed by atoms with Crippen LogP contribution in [0.15, 0.2) is 18.2 Å². The Labute approximate surface area is 130 Å². The van der Waals surface area contributed by atoms with Crippen LogP contribution in [-0.2, 0) is 6.42 Å². The summed E-state index contributed by atoms with van der Waals surface area (Å²) in [4.78, 5) is 5.16. The molecule has 1 aliphatic carbocycles. The van der Waals surface area contributed by atoms with Crippen LogP contribution in [0.1, 0.15) is 50.8 Å². The molecule has 118 valence electrons. The number of anilines is 1. The molecule has 1 aliphatic rings. The summed E-state index contributed by atoms with van der Waals surface area (Å²) >= 11 is 0. The predicted molar refractivity (Wildman–Crippen MR) is 91.6 cm³/mol. The van der Waals surface area contributed by atoms with Gasteiger partial charge in [-0.2, -0.15) is 0 Å². The number of nitrogen functional groups attached to an aromatic ring is 1. The SMILES string of the molecule is CCN(CC)CCCN(CC)C1CCc2cc(N)ccc21. The van der Waals surface area contributed by atoms with E-state index < -0.39 is 0 Å². The molecule has 1 aromatic rings. The van der Waals surface area contributed by atoms with Gasteiger partial charge in [0, 0.05) is 11.7 Å². The monoisotopic (exact) mass is 289 g/mol. The lowest BCUT2D eigenvalue weighted by atomic mass is 10.1. The van der Waals surface area contributed by atoms with Crippen molar-refractivity contribution < 1.29 is 0 Å². The standard InChI is InChI=1S/C18H31N3/c1-4-20(5-2)12-7-13-21(6-3)18-11-8-15-14-16(19)9-10-17(15)18/h9-10,14,18H,4-8,11-13,19H2,1-3H3. The van der Waals surface area contributed by atoms with Crippen molar-refractivity contribution in [3.8, 4) is 0 Å². The highest BCUT2D eigenvalue weighted by Crippen LogP contribution is 2.36. The topological polar surface area (TPSA) is 32.5 Å². The molecule has 0 amide bonds. The number of fused-ring (bicyclic) bond motifs is 1. The molecule has 21 heavy (non-hydrogen) atoms. The first-order valence-corrected chi connectivity index (χ1v) is 8.54. The lowest BCUT2D eigenvalue weighted by Crippen LogP contribution is -2.32. The van der Waals surface area contributed by atoms with E-state index in [2.05, 4.69) is 48.8 Å². The minimum atomic E-state index is 0.599. The van der Waals surface area contributed by atoms with Gasteiger partial charge in [0.15, 0.2) is 0 Å². The van der Waals surface area contributed by atoms with Crippen LogP contribution in [0, 0.1) is 0 Å². The zero-order valence-electron chi connectivity index (χ0n) is 13.9. The van der Waals surface area contributed by atoms with E-state index in [1.54, 1.807) is 0 Å². The van der Waals surface area contributed by atoms with Gasteiger partial charge in [-0.25, -0.2) is 0 Å². The zero-order chi connectivity index (χ0) is 15.2. The van der Waals surface area contributed by atoms with E-state index in [1.807, 2.05) is 0 Å². The maximum atomic E-state index is 5.91. The fourth-order valence-corrected chi connectivity index (χ4v) is 3.57. The molecule has 0 bridgehead atoms. The second kappa shape index (κ2) is 7.81. The molecule has 1 atom stereocenters. The van der Waals surface area contributed by atoms with Crippen molar-refractivity contribution in [2.45, 2.75) is 46.1 Å². The fourth-order valence-electron chi connectivity index (χ4n) is 3.57. The molecule has 1 aromatic carbocycles. The van der Waals surface area contributed by atoms with Gasteiger partial charge < -0.3 is 10.6 Å². The largest absolute Gasteiger partial charge is 0.399 e. The maximum Gasteiger partial charge on any atom is 0.0353 e. The van der Waals surface area contributed by atoms with Crippen LogP contribution in [0.25, 0.3) is 0 Å². The fraction of sp³-hybridized carbons (Fsp3) is 0.667. The van der Waals surface area contributed by atoms with Crippen LogP contribution in [0.4, 0.5) is 5.69 Å². The highest BCUT2D eigenvalue weighted by molar-refractivity contribution is 5.47. The van der Waals surface area contributed by atoms with E-state index in [9.17, 15) is 0 Å². The minimum Gasteiger partial charge on any atom is -0.399 e. The number of nitrogens with zero attached hydrogens (tertiary/aromatic N) is 2. The first-order chi connectivity index (χ1) is 10.2. The van der Waals surface area contributed by atoms with Crippen molar-refractivity contribution in [1.29, 1.82) is 0 Å². The van der Waals surface area contributed by atoms with Gasteiger partial charge >= 0.3 is 0 Å². The molecule has 2 rings (SSSR count). The number of benzene rings is 1. The Hall–Kier alpha value is -1.06. The number of aryl methyl sites for hydroxylation is 1. The van der Waals surface area contributed by atoms with E-state index in [0.717, 1.165) is 25.3 Å². The van der Waals surface area contributed by atoms with E-state index in [1.165, 1.54) is 43.5 Å². The summed E-state index contributed by atoms with van der Waals surface area (Å²) in [5, 5.41) is 0. The average Bonchev–Trinajstić information content (AvgIpc) is 2.90. The second-order valence-corrected chi connectivity index (χ2v) is 6.02. The molecule has 3 nitrogen and oxygen atoms in total. The molecule has 0 saturated carbocycles. The molecule has 0 heterocycles. The smallest absolute Gasteiger partial charge is 0.0353 e. The molecule has 2 N–H and O–H groups in total. The molecule has 0 aromatic heterocycles. The van der Waals surface area contributed by atoms with Gasteiger partial charge in [0.1, 0.15) is 0 Å². The van der Waals surface area contributed by atoms with E-state index in [-0.39, 0.29) is 0 Å². The molecule has 1 unspecified atom stereocenters. The second-order valence-electron chi connectivity index (χ2n) is 6.02. The molecule has 0 aliphatic heterocycles. The van der Waals surface area contributed by atoms with Crippen LogP contribution in [0.3, 0.4) is 0 Å². The van der Waals surface area contributed by atoms with Crippen molar-refractivity contribution in [3.05, 3.63) is 29.3 Å². The third-order valence-electron chi connectivity index (χ3n) is 4.87. The third-order valence-corrected chi connectivity index (χ3v) is 4.87. The van der Waals surface area contributed by atoms with E-state index in [0.29, 0.717) is 6.04 Å². The van der Waals surface area contributed by atoms with Crippen LogP contribution in [0.2, 0.25) is 0 Å². The van der Waals surface area contributed by atoms with Crippen LogP contribution < -0.4 is 5.73 Å². The van der Waals surface area contributed by atoms with Gasteiger partial charge in [-0.15, -0.1) is 0 Å². The van der Waals surface area contributed by atoms with Gasteiger partial charge in [-0.1, -0.05) is 26.8 Å². The van der Waals surface area contributed by atoms with Gasteiger partial charge in [-0.05, 0) is 75.2 Å². The van der Waals surface area contributed by atoms with Crippen molar-refractivity contribution in [2.75, 3.05) is 38.5 Å². The minimum absolute atomic E-state index is 0.599. The summed E-state index contributed by atoms with van der Waals surface area (Å²) in [6.07, 6.45) is 3.69. The molecular formula is C18H31N3. The Kier molecular flexibility index (Phi) is 6.07. The van der Waals surface area contributed by atoms with Gasteiger partial charge in [-0.3, -0.25) is 4.90 Å². The normalized spacial score (nSPS) is 17.7. The Morgan fingerprint density at radius 1 is 1.10 bits per heavy atom. The Morgan fingerprint density at radius 2 is 1.86 bits per heavy atom. The van der Waals surface area contributed by atoms with Crippen molar-refractivity contribution in [2.24, 2.45) is 0 Å². The van der Waals surface area contributed by atoms with Crippen LogP contribution in [-0.4, -0.2) is 42.5 Å². The molecule has 0 radical (unpaired) electrons. The Bertz CT molecular complexity index is 440. The summed E-state index contributed by atoms with van der Waals surface area (Å²) in [5.74, 6) is 0. The van der Waals surface area contributed by atoms with Crippen LogP contribution >= 0.6 is 0 Å². The van der Waals surface area contributed by atoms with Crippen LogP contribution in [0.5, 0.6) is 0 Å². The van der Waals surface area contributed by atoms with Gasteiger partial charge in [0.25, 0.3) is 0 Å². The summed E-state index contributed by atoms with van der Waals surface area (Å²) in [7, 11) is 0. The van der Waals surface area contributed by atoms with Crippen molar-refractivity contribution >= 4 is 5.69 Å². The van der Waals surface area contributed by atoms with E-state index in [4.69, 9.17) is 5.73 Å². The van der Waals surface area contributed by atoms with Crippen molar-refractivity contribution in [3.63, 3.8) is 0 Å². The first-order valence-electron chi connectivity index (χ1n) is 8.54. The summed E-state index contributed by atoms with van der Waals surface area (Å²) in [6, 6.07) is 7.07. The number of hydrogen-bond acceptors (Lipinski definition) is 3. The van der Waals surface area contributed by atoms with E-state index >= 15 is 0 Å². The number of rotatable bonds is 8. The molecule has 0 fully saturated rings. The summed E-state index contributed by atoms with van der Waals surface area (Å²) in [6.45, 7) is 12.6. The quantitative estimate of drug-likeness (QED) is 0.745. The number of nitrogens with two attached hydrogens (primary N) is 1. The molecule has 0 saturated heterocycles. The number of hydrogen-bond donors (Lipinski definition) is 1. The Balaban J connectivity index is 1.94. The van der Waals surface area contributed by atoms with Gasteiger partial charge in [0.2, 0.25) is 0 Å². The third kappa shape index (κ3) is 3.98. The summed E-state index contributed by atoms with van der Waals surface area (Å²) in [5.41, 5.74) is 9.78. The van der Waals surface area contributed by atoms with Gasteiger partial charge in [0.05, 0.1) is 0 Å². The summed E-state index contributed by atoms with van der Waals surface area (Å²) < 4.78 is 0. The highest BCUT2D eigenvalue weighted by Gasteiger charge is 2.26. The predicted octanol–water partition coefficient (Wildman–Crippen LogP) is 3.31. The molecule has 3 heteroatoms. The lowest BCUT2D eigenvalue weighted by Gasteiger charge is -2.29. The van der Waals surface area contributed by atoms with Crippen molar-refractivity contribution in [1.82, 2.24) is 9.80 Å². The lowest BCUT2D eigenvalue weighted by molar-refractivity contribution is 0.189. The highest BCUT2D eigenvalue weighted by atomic mass is 15.2. The molecular weight excluding hydrogens is 258 g/mol. The zero-order valence-corrected chi connectivity index (χ0v) is 13.9. The average molecular weight is 289 g/mol.